The zero-order valence-electron chi connectivity index (χ0n) is 10.8. The smallest absolute Gasteiger partial charge is 0.170 e. The van der Waals surface area contributed by atoms with E-state index in [4.69, 9.17) is 4.74 Å². The third-order valence-corrected chi connectivity index (χ3v) is 2.74. The molecule has 1 heterocycles. The van der Waals surface area contributed by atoms with Gasteiger partial charge in [0.25, 0.3) is 0 Å². The molecule has 19 heavy (non-hydrogen) atoms. The summed E-state index contributed by atoms with van der Waals surface area (Å²) in [5.74, 6) is 0. The van der Waals surface area contributed by atoms with Crippen LogP contribution in [0.3, 0.4) is 0 Å². The number of hydrogen-bond acceptors (Lipinski definition) is 2. The van der Waals surface area contributed by atoms with E-state index in [9.17, 15) is 0 Å². The van der Waals surface area contributed by atoms with E-state index in [1.165, 1.54) is 17.5 Å². The highest BCUT2D eigenvalue weighted by Gasteiger charge is 2.04. The molecule has 2 aromatic carbocycles. The lowest BCUT2D eigenvalue weighted by Gasteiger charge is -1.98. The predicted octanol–water partition coefficient (Wildman–Crippen LogP) is 3.95. The van der Waals surface area contributed by atoms with Crippen molar-refractivity contribution in [2.45, 2.75) is 6.10 Å². The van der Waals surface area contributed by atoms with E-state index in [2.05, 4.69) is 60.1 Å². The quantitative estimate of drug-likeness (QED) is 0.740. The minimum absolute atomic E-state index is 0.139. The van der Waals surface area contributed by atoms with Crippen molar-refractivity contribution in [2.24, 2.45) is 4.99 Å². The molecule has 3 rings (SSSR count). The van der Waals surface area contributed by atoms with Gasteiger partial charge in [0.2, 0.25) is 0 Å². The van der Waals surface area contributed by atoms with E-state index < -0.39 is 0 Å². The zero-order chi connectivity index (χ0) is 13.3. The standard InChI is InChI=1S/C12H10.C5H7NO/c1-3-7-11(8-4-1)12-9-5-2-6-10-12;1-2-5-3-6-4-7-5/h1-10H;2,4-5H,1,3H2. The summed E-state index contributed by atoms with van der Waals surface area (Å²) in [6, 6.07) is 20.8. The molecule has 0 aliphatic carbocycles. The Morgan fingerprint density at radius 1 is 0.947 bits per heavy atom. The van der Waals surface area contributed by atoms with Crippen molar-refractivity contribution in [1.29, 1.82) is 0 Å². The highest BCUT2D eigenvalue weighted by molar-refractivity contribution is 5.62. The van der Waals surface area contributed by atoms with Crippen LogP contribution in [0.4, 0.5) is 0 Å². The average Bonchev–Trinajstić information content (AvgIpc) is 3.03. The van der Waals surface area contributed by atoms with Crippen molar-refractivity contribution in [1.82, 2.24) is 0 Å². The maximum atomic E-state index is 4.89. The Balaban J connectivity index is 0.000000163. The van der Waals surface area contributed by atoms with Gasteiger partial charge in [-0.25, -0.2) is 0 Å². The largest absolute Gasteiger partial charge is 0.474 e. The van der Waals surface area contributed by atoms with Crippen LogP contribution in [0.15, 0.2) is 78.3 Å². The fourth-order valence-corrected chi connectivity index (χ4v) is 1.70. The molecule has 0 bridgehead atoms. The van der Waals surface area contributed by atoms with Crippen molar-refractivity contribution < 1.29 is 4.74 Å². The van der Waals surface area contributed by atoms with Crippen LogP contribution in [-0.2, 0) is 4.74 Å². The summed E-state index contributed by atoms with van der Waals surface area (Å²) in [6.45, 7) is 4.28. The van der Waals surface area contributed by atoms with Crippen molar-refractivity contribution in [3.8, 4) is 11.1 Å². The first kappa shape index (κ1) is 13.1. The van der Waals surface area contributed by atoms with Gasteiger partial charge in [0, 0.05) is 0 Å². The Morgan fingerprint density at radius 2 is 1.47 bits per heavy atom. The van der Waals surface area contributed by atoms with Gasteiger partial charge in [-0.2, -0.15) is 0 Å². The highest BCUT2D eigenvalue weighted by Crippen LogP contribution is 2.17. The number of hydrogen-bond donors (Lipinski definition) is 0. The second kappa shape index (κ2) is 7.17. The third-order valence-electron chi connectivity index (χ3n) is 2.74. The summed E-state index contributed by atoms with van der Waals surface area (Å²) in [4.78, 5) is 3.82. The summed E-state index contributed by atoms with van der Waals surface area (Å²) in [5.41, 5.74) is 2.55. The van der Waals surface area contributed by atoms with Gasteiger partial charge in [0.1, 0.15) is 6.10 Å². The Hall–Kier alpha value is -2.35. The normalized spacial score (nSPS) is 16.1. The molecule has 0 radical (unpaired) electrons. The lowest BCUT2D eigenvalue weighted by Crippen LogP contribution is -2.03. The van der Waals surface area contributed by atoms with Crippen LogP contribution in [0.2, 0.25) is 0 Å². The van der Waals surface area contributed by atoms with Crippen LogP contribution in [-0.4, -0.2) is 19.0 Å². The van der Waals surface area contributed by atoms with Crippen LogP contribution in [0, 0.1) is 0 Å². The molecule has 1 unspecified atom stereocenters. The lowest BCUT2D eigenvalue weighted by atomic mass is 10.1. The van der Waals surface area contributed by atoms with E-state index >= 15 is 0 Å². The molecule has 1 aliphatic rings. The summed E-state index contributed by atoms with van der Waals surface area (Å²) in [5, 5.41) is 0. The second-order valence-electron chi connectivity index (χ2n) is 4.11. The number of nitrogens with zero attached hydrogens (tertiary/aromatic N) is 1. The molecule has 2 heteroatoms. The molecule has 0 N–H and O–H groups in total. The van der Waals surface area contributed by atoms with Crippen molar-refractivity contribution in [3.63, 3.8) is 0 Å². The Labute approximate surface area is 114 Å². The molecule has 2 nitrogen and oxygen atoms in total. The number of aliphatic imine (C=N–C) groups is 1. The molecule has 0 spiro atoms. The molecule has 0 aromatic heterocycles. The lowest BCUT2D eigenvalue weighted by molar-refractivity contribution is 0.286. The van der Waals surface area contributed by atoms with Gasteiger partial charge in [-0.3, -0.25) is 4.99 Å². The average molecular weight is 251 g/mol. The maximum absolute atomic E-state index is 4.89. The van der Waals surface area contributed by atoms with Crippen LogP contribution < -0.4 is 0 Å². The van der Waals surface area contributed by atoms with E-state index in [1.54, 1.807) is 6.08 Å². The van der Waals surface area contributed by atoms with E-state index in [0.717, 1.165) is 6.54 Å². The second-order valence-corrected chi connectivity index (χ2v) is 4.11. The van der Waals surface area contributed by atoms with Gasteiger partial charge >= 0.3 is 0 Å². The molecule has 0 saturated heterocycles. The Morgan fingerprint density at radius 3 is 1.79 bits per heavy atom. The summed E-state index contributed by atoms with van der Waals surface area (Å²) in [6.07, 6.45) is 3.35. The fraction of sp³-hybridized carbons (Fsp3) is 0.118. The van der Waals surface area contributed by atoms with Crippen molar-refractivity contribution in [3.05, 3.63) is 73.3 Å². The Bertz CT molecular complexity index is 474. The molecule has 2 aromatic rings. The van der Waals surface area contributed by atoms with Crippen molar-refractivity contribution >= 4 is 6.40 Å². The summed E-state index contributed by atoms with van der Waals surface area (Å²) >= 11 is 0. The summed E-state index contributed by atoms with van der Waals surface area (Å²) in [7, 11) is 0. The number of benzene rings is 2. The van der Waals surface area contributed by atoms with Gasteiger partial charge in [0.05, 0.1) is 6.54 Å². The molecule has 96 valence electrons. The van der Waals surface area contributed by atoms with E-state index in [-0.39, 0.29) is 6.10 Å². The van der Waals surface area contributed by atoms with Crippen molar-refractivity contribution in [2.75, 3.05) is 6.54 Å². The number of ether oxygens (including phenoxy) is 1. The maximum Gasteiger partial charge on any atom is 0.170 e. The molecular formula is C17H17NO. The zero-order valence-corrected chi connectivity index (χ0v) is 10.8. The minimum atomic E-state index is 0.139. The highest BCUT2D eigenvalue weighted by atomic mass is 16.5. The van der Waals surface area contributed by atoms with E-state index in [1.807, 2.05) is 12.1 Å². The van der Waals surface area contributed by atoms with Gasteiger partial charge in [-0.15, -0.1) is 0 Å². The first-order valence-electron chi connectivity index (χ1n) is 6.27. The monoisotopic (exact) mass is 251 g/mol. The van der Waals surface area contributed by atoms with Gasteiger partial charge in [0.15, 0.2) is 6.40 Å². The first-order valence-corrected chi connectivity index (χ1v) is 6.27. The molecule has 1 atom stereocenters. The predicted molar refractivity (Wildman–Crippen MR) is 80.3 cm³/mol. The van der Waals surface area contributed by atoms with Crippen LogP contribution in [0.1, 0.15) is 0 Å². The molecule has 0 saturated carbocycles. The minimum Gasteiger partial charge on any atom is -0.474 e. The third kappa shape index (κ3) is 4.11. The SMILES string of the molecule is C=CC1CN=CO1.c1ccc(-c2ccccc2)cc1. The molecular weight excluding hydrogens is 234 g/mol. The van der Waals surface area contributed by atoms with Crippen LogP contribution in [0.5, 0.6) is 0 Å². The topological polar surface area (TPSA) is 21.6 Å². The van der Waals surface area contributed by atoms with Gasteiger partial charge in [-0.1, -0.05) is 67.2 Å². The Kier molecular flexibility index (Phi) is 4.94. The molecule has 0 amide bonds. The van der Waals surface area contributed by atoms with Crippen LogP contribution in [0.25, 0.3) is 11.1 Å². The van der Waals surface area contributed by atoms with Gasteiger partial charge < -0.3 is 4.74 Å². The van der Waals surface area contributed by atoms with Gasteiger partial charge in [-0.05, 0) is 17.2 Å². The molecule has 1 aliphatic heterocycles. The van der Waals surface area contributed by atoms with E-state index in [0.29, 0.717) is 0 Å². The number of rotatable bonds is 2. The fourth-order valence-electron chi connectivity index (χ4n) is 1.70. The first-order chi connectivity index (χ1) is 9.40. The molecule has 0 fully saturated rings. The summed E-state index contributed by atoms with van der Waals surface area (Å²) < 4.78 is 4.89. The van der Waals surface area contributed by atoms with Crippen LogP contribution >= 0.6 is 0 Å².